The Labute approximate surface area is 166 Å². The molecule has 0 saturated carbocycles. The minimum absolute atomic E-state index is 0. The lowest BCUT2D eigenvalue weighted by Crippen LogP contribution is -2.41. The molecule has 6 heteroatoms. The Hall–Kier alpha value is -1.85. The Morgan fingerprint density at radius 1 is 0.923 bits per heavy atom. The van der Waals surface area contributed by atoms with Crippen LogP contribution >= 0.6 is 24.8 Å². The minimum Gasteiger partial charge on any atom is -0.390 e. The molecule has 0 bridgehead atoms. The number of halogens is 2. The molecule has 2 heterocycles. The summed E-state index contributed by atoms with van der Waals surface area (Å²) in [5.41, 5.74) is 3.48. The van der Waals surface area contributed by atoms with Gasteiger partial charge in [-0.1, -0.05) is 54.6 Å². The highest BCUT2D eigenvalue weighted by Gasteiger charge is 2.26. The predicted molar refractivity (Wildman–Crippen MR) is 110 cm³/mol. The fraction of sp³-hybridized carbons (Fsp3) is 0.250. The number of nitrogens with one attached hydrogen (secondary N) is 1. The number of β-amino-alcohol motifs (C(OH)–C–C–N with tert-alkyl or cyclic N) is 1. The van der Waals surface area contributed by atoms with Gasteiger partial charge in [0.25, 0.3) is 0 Å². The van der Waals surface area contributed by atoms with Gasteiger partial charge in [0.2, 0.25) is 0 Å². The van der Waals surface area contributed by atoms with Gasteiger partial charge in [0.05, 0.1) is 12.1 Å². The van der Waals surface area contributed by atoms with Crippen molar-refractivity contribution in [1.82, 2.24) is 14.9 Å². The molecule has 1 aliphatic rings. The van der Waals surface area contributed by atoms with Crippen LogP contribution in [0.2, 0.25) is 0 Å². The average molecular weight is 392 g/mol. The molecule has 1 fully saturated rings. The highest BCUT2D eigenvalue weighted by atomic mass is 35.5. The van der Waals surface area contributed by atoms with Crippen LogP contribution in [0.25, 0.3) is 22.5 Å². The first-order valence-electron chi connectivity index (χ1n) is 8.40. The molecule has 0 spiro atoms. The number of piperidine rings is 1. The fourth-order valence-corrected chi connectivity index (χ4v) is 3.40. The molecular formula is C20H23Cl2N3O. The van der Waals surface area contributed by atoms with Crippen LogP contribution in [0.4, 0.5) is 0 Å². The van der Waals surface area contributed by atoms with Crippen molar-refractivity contribution >= 4 is 24.8 Å². The first kappa shape index (κ1) is 20.5. The third-order valence-electron chi connectivity index (χ3n) is 4.69. The van der Waals surface area contributed by atoms with E-state index in [9.17, 15) is 5.11 Å². The molecule has 0 amide bonds. The highest BCUT2D eigenvalue weighted by Crippen LogP contribution is 2.28. The van der Waals surface area contributed by atoms with Gasteiger partial charge >= 0.3 is 0 Å². The van der Waals surface area contributed by atoms with Gasteiger partial charge in [0.1, 0.15) is 5.82 Å². The number of rotatable bonds is 3. The van der Waals surface area contributed by atoms with E-state index in [1.54, 1.807) is 0 Å². The van der Waals surface area contributed by atoms with Crippen LogP contribution in [0.15, 0.2) is 67.0 Å². The summed E-state index contributed by atoms with van der Waals surface area (Å²) in [4.78, 5) is 4.53. The Morgan fingerprint density at radius 2 is 1.58 bits per heavy atom. The summed E-state index contributed by atoms with van der Waals surface area (Å²) in [5, 5.41) is 13.5. The van der Waals surface area contributed by atoms with Crippen molar-refractivity contribution in [2.24, 2.45) is 0 Å². The van der Waals surface area contributed by atoms with E-state index < -0.39 is 0 Å². The summed E-state index contributed by atoms with van der Waals surface area (Å²) in [5.74, 6) is 0.917. The number of aliphatic hydroxyl groups excluding tert-OH is 1. The van der Waals surface area contributed by atoms with E-state index in [0.29, 0.717) is 6.54 Å². The zero-order valence-electron chi connectivity index (χ0n) is 14.3. The van der Waals surface area contributed by atoms with E-state index in [2.05, 4.69) is 63.4 Å². The number of aromatic nitrogens is 2. The van der Waals surface area contributed by atoms with E-state index >= 15 is 0 Å². The Bertz CT molecular complexity index is 805. The van der Waals surface area contributed by atoms with Crippen molar-refractivity contribution in [3.8, 4) is 22.5 Å². The second-order valence-electron chi connectivity index (χ2n) is 6.23. The van der Waals surface area contributed by atoms with Crippen LogP contribution in [0.5, 0.6) is 0 Å². The van der Waals surface area contributed by atoms with E-state index in [4.69, 9.17) is 0 Å². The number of aliphatic hydroxyl groups is 1. The summed E-state index contributed by atoms with van der Waals surface area (Å²) < 4.78 is 2.11. The van der Waals surface area contributed by atoms with Crippen LogP contribution in [-0.2, 0) is 0 Å². The highest BCUT2D eigenvalue weighted by molar-refractivity contribution is 5.85. The fourth-order valence-electron chi connectivity index (χ4n) is 3.40. The maximum atomic E-state index is 10.3. The Morgan fingerprint density at radius 3 is 2.27 bits per heavy atom. The van der Waals surface area contributed by atoms with Gasteiger partial charge in [-0.25, -0.2) is 4.98 Å². The van der Waals surface area contributed by atoms with Crippen LogP contribution in [-0.4, -0.2) is 33.9 Å². The first-order chi connectivity index (χ1) is 11.8. The lowest BCUT2D eigenvalue weighted by Gasteiger charge is -2.30. The van der Waals surface area contributed by atoms with Crippen LogP contribution in [0, 0.1) is 0 Å². The third kappa shape index (κ3) is 4.10. The van der Waals surface area contributed by atoms with Crippen molar-refractivity contribution in [2.75, 3.05) is 13.1 Å². The lowest BCUT2D eigenvalue weighted by atomic mass is 10.0. The molecule has 26 heavy (non-hydrogen) atoms. The molecule has 1 aliphatic heterocycles. The van der Waals surface area contributed by atoms with Crippen molar-refractivity contribution in [3.63, 3.8) is 0 Å². The standard InChI is InChI=1S/C20H21N3O.2ClH/c24-19-14-21-11-10-18(19)23-13-12-22-20(23)17-8-6-16(7-9-17)15-4-2-1-3-5-15;;/h1-9,12-13,18-19,21,24H,10-11,14H2;2*1H/t18-,19-;;/m0../s1. The molecule has 4 rings (SSSR count). The summed E-state index contributed by atoms with van der Waals surface area (Å²) >= 11 is 0. The van der Waals surface area contributed by atoms with Crippen LogP contribution in [0.1, 0.15) is 12.5 Å². The molecule has 2 atom stereocenters. The van der Waals surface area contributed by atoms with E-state index in [-0.39, 0.29) is 37.0 Å². The normalized spacial score (nSPS) is 19.3. The first-order valence-corrected chi connectivity index (χ1v) is 8.40. The number of imidazole rings is 1. The number of hydrogen-bond donors (Lipinski definition) is 2. The van der Waals surface area contributed by atoms with Gasteiger partial charge < -0.3 is 15.0 Å². The topological polar surface area (TPSA) is 50.1 Å². The molecule has 0 aliphatic carbocycles. The van der Waals surface area contributed by atoms with E-state index in [1.807, 2.05) is 18.5 Å². The van der Waals surface area contributed by atoms with Gasteiger partial charge in [-0.05, 0) is 24.1 Å². The number of hydrogen-bond acceptors (Lipinski definition) is 3. The molecular weight excluding hydrogens is 369 g/mol. The monoisotopic (exact) mass is 391 g/mol. The van der Waals surface area contributed by atoms with Crippen LogP contribution < -0.4 is 5.32 Å². The maximum Gasteiger partial charge on any atom is 0.140 e. The second-order valence-corrected chi connectivity index (χ2v) is 6.23. The number of nitrogens with zero attached hydrogens (tertiary/aromatic N) is 2. The number of benzene rings is 2. The molecule has 2 N–H and O–H groups in total. The molecule has 0 unspecified atom stereocenters. The van der Waals surface area contributed by atoms with Crippen LogP contribution in [0.3, 0.4) is 0 Å². The molecule has 1 aromatic heterocycles. The Balaban J connectivity index is 0.00000121. The molecule has 138 valence electrons. The summed E-state index contributed by atoms with van der Waals surface area (Å²) in [6, 6.07) is 18.9. The summed E-state index contributed by atoms with van der Waals surface area (Å²) in [6.45, 7) is 1.56. The van der Waals surface area contributed by atoms with Crippen molar-refractivity contribution in [1.29, 1.82) is 0 Å². The second kappa shape index (κ2) is 9.19. The Kier molecular flexibility index (Phi) is 7.23. The van der Waals surface area contributed by atoms with Gasteiger partial charge in [0.15, 0.2) is 0 Å². The lowest BCUT2D eigenvalue weighted by molar-refractivity contribution is 0.0880. The largest absolute Gasteiger partial charge is 0.390 e. The smallest absolute Gasteiger partial charge is 0.140 e. The molecule has 3 aromatic rings. The SMILES string of the molecule is Cl.Cl.O[C@H]1CNCC[C@@H]1n1ccnc1-c1ccc(-c2ccccc2)cc1. The molecule has 2 aromatic carbocycles. The molecule has 1 saturated heterocycles. The quantitative estimate of drug-likeness (QED) is 0.710. The van der Waals surface area contributed by atoms with E-state index in [0.717, 1.165) is 24.4 Å². The van der Waals surface area contributed by atoms with Gasteiger partial charge in [-0.2, -0.15) is 0 Å². The van der Waals surface area contributed by atoms with Crippen molar-refractivity contribution < 1.29 is 5.11 Å². The van der Waals surface area contributed by atoms with Gasteiger partial charge in [-0.15, -0.1) is 24.8 Å². The van der Waals surface area contributed by atoms with Crippen molar-refractivity contribution in [2.45, 2.75) is 18.6 Å². The average Bonchev–Trinajstić information content (AvgIpc) is 3.12. The van der Waals surface area contributed by atoms with E-state index in [1.165, 1.54) is 11.1 Å². The molecule has 4 nitrogen and oxygen atoms in total. The summed E-state index contributed by atoms with van der Waals surface area (Å²) in [6.07, 6.45) is 4.32. The molecule has 0 radical (unpaired) electrons. The maximum absolute atomic E-state index is 10.3. The zero-order valence-corrected chi connectivity index (χ0v) is 15.9. The zero-order chi connectivity index (χ0) is 16.4. The predicted octanol–water partition coefficient (Wildman–Crippen LogP) is 3.96. The van der Waals surface area contributed by atoms with Crippen molar-refractivity contribution in [3.05, 3.63) is 67.0 Å². The summed E-state index contributed by atoms with van der Waals surface area (Å²) in [7, 11) is 0. The van der Waals surface area contributed by atoms with Gasteiger partial charge in [-0.3, -0.25) is 0 Å². The third-order valence-corrected chi connectivity index (χ3v) is 4.69. The van der Waals surface area contributed by atoms with Gasteiger partial charge in [0, 0.05) is 24.5 Å². The minimum atomic E-state index is -0.379.